The maximum Gasteiger partial charge on any atom is 0.220 e. The van der Waals surface area contributed by atoms with Crippen LogP contribution in [0.4, 0.5) is 0 Å². The van der Waals surface area contributed by atoms with Crippen LogP contribution in [0.5, 0.6) is 0 Å². The Hall–Kier alpha value is -1.32. The van der Waals surface area contributed by atoms with Crippen molar-refractivity contribution in [3.63, 3.8) is 0 Å². The molecule has 88 valence electrons. The molecule has 16 heavy (non-hydrogen) atoms. The zero-order valence-electron chi connectivity index (χ0n) is 9.94. The van der Waals surface area contributed by atoms with Gasteiger partial charge in [-0.05, 0) is 18.8 Å². The molecule has 1 aromatic rings. The van der Waals surface area contributed by atoms with Crippen LogP contribution in [-0.4, -0.2) is 15.7 Å². The molecule has 0 aromatic carbocycles. The number of nitrogens with zero attached hydrogens (tertiary/aromatic N) is 2. The van der Waals surface area contributed by atoms with E-state index in [0.717, 1.165) is 5.56 Å². The maximum absolute atomic E-state index is 11.4. The van der Waals surface area contributed by atoms with E-state index in [2.05, 4.69) is 10.4 Å². The molecular formula is C12H19N3O. The standard InChI is InChI=1S/C12H19N3O/c1-9(2)5-12(16)13-6-10-7-14-15(8-10)11-3-4-11/h7-9,11H,3-6H2,1-2H3,(H,13,16). The summed E-state index contributed by atoms with van der Waals surface area (Å²) in [5.74, 6) is 0.531. The highest BCUT2D eigenvalue weighted by molar-refractivity contribution is 5.75. The van der Waals surface area contributed by atoms with E-state index in [-0.39, 0.29) is 5.91 Å². The Bertz CT molecular complexity index is 366. The minimum atomic E-state index is 0.120. The van der Waals surface area contributed by atoms with Crippen molar-refractivity contribution in [3.8, 4) is 0 Å². The van der Waals surface area contributed by atoms with E-state index < -0.39 is 0 Å². The highest BCUT2D eigenvalue weighted by atomic mass is 16.1. The van der Waals surface area contributed by atoms with Gasteiger partial charge >= 0.3 is 0 Å². The molecular weight excluding hydrogens is 202 g/mol. The first-order chi connectivity index (χ1) is 7.65. The predicted molar refractivity (Wildman–Crippen MR) is 61.8 cm³/mol. The van der Waals surface area contributed by atoms with E-state index in [1.54, 1.807) is 0 Å². The number of hydrogen-bond acceptors (Lipinski definition) is 2. The molecule has 0 unspecified atom stereocenters. The van der Waals surface area contributed by atoms with Gasteiger partial charge in [0.25, 0.3) is 0 Å². The lowest BCUT2D eigenvalue weighted by Gasteiger charge is -2.05. The van der Waals surface area contributed by atoms with Crippen LogP contribution < -0.4 is 5.32 Å². The summed E-state index contributed by atoms with van der Waals surface area (Å²) in [4.78, 5) is 11.4. The van der Waals surface area contributed by atoms with Gasteiger partial charge in [-0.1, -0.05) is 13.8 Å². The molecule has 4 nitrogen and oxygen atoms in total. The number of rotatable bonds is 5. The van der Waals surface area contributed by atoms with Gasteiger partial charge < -0.3 is 5.32 Å². The minimum Gasteiger partial charge on any atom is -0.352 e. The largest absolute Gasteiger partial charge is 0.352 e. The number of carbonyl (C=O) groups is 1. The van der Waals surface area contributed by atoms with Crippen LogP contribution in [0, 0.1) is 5.92 Å². The van der Waals surface area contributed by atoms with Gasteiger partial charge in [-0.25, -0.2) is 0 Å². The van der Waals surface area contributed by atoms with Crippen molar-refractivity contribution in [3.05, 3.63) is 18.0 Å². The Labute approximate surface area is 96.0 Å². The van der Waals surface area contributed by atoms with Crippen molar-refractivity contribution < 1.29 is 4.79 Å². The summed E-state index contributed by atoms with van der Waals surface area (Å²) in [5, 5.41) is 7.19. The average molecular weight is 221 g/mol. The fourth-order valence-corrected chi connectivity index (χ4v) is 1.65. The monoisotopic (exact) mass is 221 g/mol. The molecule has 0 saturated heterocycles. The van der Waals surface area contributed by atoms with Gasteiger partial charge in [-0.15, -0.1) is 0 Å². The van der Waals surface area contributed by atoms with Crippen LogP contribution in [0.25, 0.3) is 0 Å². The highest BCUT2D eigenvalue weighted by Gasteiger charge is 2.24. The second kappa shape index (κ2) is 4.68. The molecule has 1 aromatic heterocycles. The first-order valence-electron chi connectivity index (χ1n) is 5.95. The minimum absolute atomic E-state index is 0.120. The first-order valence-corrected chi connectivity index (χ1v) is 5.95. The van der Waals surface area contributed by atoms with E-state index in [1.807, 2.05) is 30.9 Å². The summed E-state index contributed by atoms with van der Waals surface area (Å²) in [6.07, 6.45) is 6.94. The molecule has 1 N–H and O–H groups in total. The van der Waals surface area contributed by atoms with E-state index in [0.29, 0.717) is 24.9 Å². The van der Waals surface area contributed by atoms with Crippen molar-refractivity contribution in [2.24, 2.45) is 5.92 Å². The lowest BCUT2D eigenvalue weighted by molar-refractivity contribution is -0.121. The molecule has 0 bridgehead atoms. The highest BCUT2D eigenvalue weighted by Crippen LogP contribution is 2.33. The molecule has 2 rings (SSSR count). The number of amides is 1. The van der Waals surface area contributed by atoms with Crippen LogP contribution >= 0.6 is 0 Å². The molecule has 0 atom stereocenters. The number of nitrogens with one attached hydrogen (secondary N) is 1. The molecule has 1 saturated carbocycles. The lowest BCUT2D eigenvalue weighted by atomic mass is 10.1. The van der Waals surface area contributed by atoms with E-state index >= 15 is 0 Å². The average Bonchev–Trinajstić information content (AvgIpc) is 2.94. The Balaban J connectivity index is 1.77. The normalized spacial score (nSPS) is 15.4. The Morgan fingerprint density at radius 2 is 2.38 bits per heavy atom. The number of hydrogen-bond donors (Lipinski definition) is 1. The van der Waals surface area contributed by atoms with Crippen LogP contribution in [0.2, 0.25) is 0 Å². The Morgan fingerprint density at radius 3 is 3.00 bits per heavy atom. The van der Waals surface area contributed by atoms with E-state index in [1.165, 1.54) is 12.8 Å². The fourth-order valence-electron chi connectivity index (χ4n) is 1.65. The van der Waals surface area contributed by atoms with Crippen molar-refractivity contribution in [2.45, 2.75) is 45.7 Å². The number of aromatic nitrogens is 2. The molecule has 0 radical (unpaired) electrons. The summed E-state index contributed by atoms with van der Waals surface area (Å²) in [5.41, 5.74) is 1.09. The second-order valence-corrected chi connectivity index (χ2v) is 4.93. The Kier molecular flexibility index (Phi) is 3.27. The molecule has 1 heterocycles. The van der Waals surface area contributed by atoms with Crippen molar-refractivity contribution in [1.82, 2.24) is 15.1 Å². The summed E-state index contributed by atoms with van der Waals surface area (Å²) in [6.45, 7) is 4.69. The van der Waals surface area contributed by atoms with Gasteiger partial charge in [0.05, 0.1) is 12.2 Å². The third-order valence-corrected chi connectivity index (χ3v) is 2.66. The molecule has 0 spiro atoms. The van der Waals surface area contributed by atoms with Crippen molar-refractivity contribution in [2.75, 3.05) is 0 Å². The van der Waals surface area contributed by atoms with Gasteiger partial charge in [0.2, 0.25) is 5.91 Å². The van der Waals surface area contributed by atoms with Crippen molar-refractivity contribution >= 4 is 5.91 Å². The molecule has 0 aliphatic heterocycles. The van der Waals surface area contributed by atoms with Gasteiger partial charge in [0.15, 0.2) is 0 Å². The van der Waals surface area contributed by atoms with Gasteiger partial charge in [-0.3, -0.25) is 9.48 Å². The van der Waals surface area contributed by atoms with Crippen LogP contribution in [-0.2, 0) is 11.3 Å². The second-order valence-electron chi connectivity index (χ2n) is 4.93. The summed E-state index contributed by atoms with van der Waals surface area (Å²) >= 11 is 0. The molecule has 1 amide bonds. The van der Waals surface area contributed by atoms with Crippen LogP contribution in [0.15, 0.2) is 12.4 Å². The topological polar surface area (TPSA) is 46.9 Å². The molecule has 4 heteroatoms. The molecule has 1 fully saturated rings. The zero-order valence-corrected chi connectivity index (χ0v) is 9.94. The summed E-state index contributed by atoms with van der Waals surface area (Å²) < 4.78 is 2.00. The third kappa shape index (κ3) is 3.08. The van der Waals surface area contributed by atoms with E-state index in [9.17, 15) is 4.79 Å². The molecule has 1 aliphatic rings. The number of carbonyl (C=O) groups excluding carboxylic acids is 1. The first kappa shape index (κ1) is 11.2. The quantitative estimate of drug-likeness (QED) is 0.825. The summed E-state index contributed by atoms with van der Waals surface area (Å²) in [6, 6.07) is 0.611. The third-order valence-electron chi connectivity index (χ3n) is 2.66. The van der Waals surface area contributed by atoms with E-state index in [4.69, 9.17) is 0 Å². The predicted octanol–water partition coefficient (Wildman–Crippen LogP) is 1.88. The van der Waals surface area contributed by atoms with Gasteiger partial charge in [0, 0.05) is 24.7 Å². The zero-order chi connectivity index (χ0) is 11.5. The SMILES string of the molecule is CC(C)CC(=O)NCc1cnn(C2CC2)c1. The van der Waals surface area contributed by atoms with Crippen LogP contribution in [0.1, 0.15) is 44.7 Å². The summed E-state index contributed by atoms with van der Waals surface area (Å²) in [7, 11) is 0. The maximum atomic E-state index is 11.4. The van der Waals surface area contributed by atoms with Crippen LogP contribution in [0.3, 0.4) is 0 Å². The fraction of sp³-hybridized carbons (Fsp3) is 0.667. The smallest absolute Gasteiger partial charge is 0.220 e. The molecule has 1 aliphatic carbocycles. The van der Waals surface area contributed by atoms with Crippen molar-refractivity contribution in [1.29, 1.82) is 0 Å². The van der Waals surface area contributed by atoms with Gasteiger partial charge in [-0.2, -0.15) is 5.10 Å². The Morgan fingerprint density at radius 1 is 1.62 bits per heavy atom. The van der Waals surface area contributed by atoms with Gasteiger partial charge in [0.1, 0.15) is 0 Å². The lowest BCUT2D eigenvalue weighted by Crippen LogP contribution is -2.23.